The van der Waals surface area contributed by atoms with Crippen molar-refractivity contribution in [2.24, 2.45) is 0 Å². The van der Waals surface area contributed by atoms with E-state index in [2.05, 4.69) is 55.6 Å². The first-order valence-corrected chi connectivity index (χ1v) is 6.97. The zero-order chi connectivity index (χ0) is 13.9. The first-order valence-electron chi connectivity index (χ1n) is 6.97. The summed E-state index contributed by atoms with van der Waals surface area (Å²) in [5, 5.41) is 3.53. The zero-order valence-corrected chi connectivity index (χ0v) is 11.8. The predicted octanol–water partition coefficient (Wildman–Crippen LogP) is 3.42. The highest BCUT2D eigenvalue weighted by Crippen LogP contribution is 2.35. The molecule has 0 amide bonds. The van der Waals surface area contributed by atoms with Gasteiger partial charge in [-0.3, -0.25) is 0 Å². The molecule has 1 unspecified atom stereocenters. The van der Waals surface area contributed by atoms with Crippen LogP contribution in [0.4, 0.5) is 0 Å². The van der Waals surface area contributed by atoms with Crippen LogP contribution in [-0.2, 0) is 0 Å². The van der Waals surface area contributed by atoms with E-state index in [0.29, 0.717) is 6.79 Å². The van der Waals surface area contributed by atoms with Crippen LogP contribution in [0.15, 0.2) is 42.5 Å². The fraction of sp³-hybridized carbons (Fsp3) is 0.294. The molecular formula is C17H19NO2. The van der Waals surface area contributed by atoms with Crippen molar-refractivity contribution in [3.05, 3.63) is 59.2 Å². The number of hydrogen-bond acceptors (Lipinski definition) is 3. The highest BCUT2D eigenvalue weighted by Gasteiger charge is 2.18. The van der Waals surface area contributed by atoms with Gasteiger partial charge in [0.1, 0.15) is 0 Å². The van der Waals surface area contributed by atoms with E-state index in [1.54, 1.807) is 0 Å². The Hall–Kier alpha value is -2.00. The normalized spacial score (nSPS) is 14.3. The van der Waals surface area contributed by atoms with Crippen molar-refractivity contribution in [2.75, 3.05) is 13.3 Å². The topological polar surface area (TPSA) is 30.5 Å². The molecule has 0 radical (unpaired) electrons. The third-order valence-corrected chi connectivity index (χ3v) is 3.55. The molecule has 0 saturated carbocycles. The Kier molecular flexibility index (Phi) is 3.61. The van der Waals surface area contributed by atoms with E-state index in [4.69, 9.17) is 9.47 Å². The molecular weight excluding hydrogens is 250 g/mol. The van der Waals surface area contributed by atoms with Crippen LogP contribution in [-0.4, -0.2) is 13.3 Å². The van der Waals surface area contributed by atoms with E-state index in [1.807, 2.05) is 6.07 Å². The average Bonchev–Trinajstić information content (AvgIpc) is 2.93. The molecule has 2 aromatic carbocycles. The fourth-order valence-corrected chi connectivity index (χ4v) is 2.48. The van der Waals surface area contributed by atoms with Crippen LogP contribution < -0.4 is 14.8 Å². The average molecular weight is 269 g/mol. The van der Waals surface area contributed by atoms with Gasteiger partial charge in [-0.25, -0.2) is 0 Å². The van der Waals surface area contributed by atoms with Gasteiger partial charge in [-0.1, -0.05) is 42.8 Å². The van der Waals surface area contributed by atoms with Crippen molar-refractivity contribution in [2.45, 2.75) is 19.9 Å². The second-order valence-electron chi connectivity index (χ2n) is 5.01. The molecule has 1 atom stereocenters. The van der Waals surface area contributed by atoms with Crippen molar-refractivity contribution in [1.29, 1.82) is 0 Å². The molecule has 0 bridgehead atoms. The monoisotopic (exact) mass is 269 g/mol. The van der Waals surface area contributed by atoms with Gasteiger partial charge in [-0.05, 0) is 36.7 Å². The molecule has 1 N–H and O–H groups in total. The summed E-state index contributed by atoms with van der Waals surface area (Å²) < 4.78 is 10.8. The van der Waals surface area contributed by atoms with E-state index >= 15 is 0 Å². The first kappa shape index (κ1) is 13.0. The van der Waals surface area contributed by atoms with Crippen LogP contribution in [0.3, 0.4) is 0 Å². The highest BCUT2D eigenvalue weighted by molar-refractivity contribution is 5.47. The number of benzene rings is 2. The number of nitrogens with one attached hydrogen (secondary N) is 1. The summed E-state index contributed by atoms with van der Waals surface area (Å²) in [6.45, 7) is 5.45. The summed E-state index contributed by atoms with van der Waals surface area (Å²) in [4.78, 5) is 0. The molecule has 1 aliphatic rings. The number of rotatable bonds is 4. The Morgan fingerprint density at radius 2 is 1.70 bits per heavy atom. The Bertz CT molecular complexity index is 592. The largest absolute Gasteiger partial charge is 0.454 e. The summed E-state index contributed by atoms with van der Waals surface area (Å²) in [5.41, 5.74) is 3.73. The molecule has 0 saturated heterocycles. The summed E-state index contributed by atoms with van der Waals surface area (Å²) >= 11 is 0. The van der Waals surface area contributed by atoms with Crippen molar-refractivity contribution >= 4 is 0 Å². The lowest BCUT2D eigenvalue weighted by atomic mass is 9.97. The lowest BCUT2D eigenvalue weighted by molar-refractivity contribution is 0.174. The van der Waals surface area contributed by atoms with Crippen LogP contribution in [0.2, 0.25) is 0 Å². The maximum Gasteiger partial charge on any atom is 0.231 e. The van der Waals surface area contributed by atoms with Gasteiger partial charge < -0.3 is 14.8 Å². The number of hydrogen-bond donors (Lipinski definition) is 1. The molecule has 104 valence electrons. The van der Waals surface area contributed by atoms with Crippen molar-refractivity contribution in [3.8, 4) is 11.5 Å². The second-order valence-corrected chi connectivity index (χ2v) is 5.01. The third kappa shape index (κ3) is 2.49. The summed E-state index contributed by atoms with van der Waals surface area (Å²) in [7, 11) is 0. The summed E-state index contributed by atoms with van der Waals surface area (Å²) in [6, 6.07) is 15.0. The van der Waals surface area contributed by atoms with Crippen LogP contribution in [0.5, 0.6) is 11.5 Å². The minimum Gasteiger partial charge on any atom is -0.454 e. The van der Waals surface area contributed by atoms with Crippen LogP contribution in [0, 0.1) is 6.92 Å². The third-order valence-electron chi connectivity index (χ3n) is 3.55. The van der Waals surface area contributed by atoms with Crippen LogP contribution >= 0.6 is 0 Å². The van der Waals surface area contributed by atoms with Gasteiger partial charge in [-0.15, -0.1) is 0 Å². The second kappa shape index (κ2) is 5.55. The first-order chi connectivity index (χ1) is 9.78. The minimum absolute atomic E-state index is 0.176. The zero-order valence-electron chi connectivity index (χ0n) is 11.8. The Morgan fingerprint density at radius 3 is 2.45 bits per heavy atom. The van der Waals surface area contributed by atoms with Crippen molar-refractivity contribution in [3.63, 3.8) is 0 Å². The van der Waals surface area contributed by atoms with Crippen molar-refractivity contribution in [1.82, 2.24) is 5.32 Å². The number of fused-ring (bicyclic) bond motifs is 1. The molecule has 3 nitrogen and oxygen atoms in total. The maximum absolute atomic E-state index is 5.47. The van der Waals surface area contributed by atoms with Gasteiger partial charge in [0.05, 0.1) is 6.04 Å². The fourth-order valence-electron chi connectivity index (χ4n) is 2.48. The standard InChI is InChI=1S/C17H19NO2/c1-3-18-17(13-6-4-12(2)5-7-13)14-8-9-15-16(10-14)20-11-19-15/h4-10,17-18H,3,11H2,1-2H3. The predicted molar refractivity (Wildman–Crippen MR) is 79.3 cm³/mol. The van der Waals surface area contributed by atoms with E-state index in [1.165, 1.54) is 16.7 Å². The molecule has 1 aliphatic heterocycles. The Balaban J connectivity index is 1.95. The minimum atomic E-state index is 0.176. The van der Waals surface area contributed by atoms with Crippen molar-refractivity contribution < 1.29 is 9.47 Å². The van der Waals surface area contributed by atoms with Gasteiger partial charge in [0.25, 0.3) is 0 Å². The SMILES string of the molecule is CCNC(c1ccc(C)cc1)c1ccc2c(c1)OCO2. The highest BCUT2D eigenvalue weighted by atomic mass is 16.7. The van der Waals surface area contributed by atoms with Gasteiger partial charge in [-0.2, -0.15) is 0 Å². The van der Waals surface area contributed by atoms with Crippen LogP contribution in [0.1, 0.15) is 29.7 Å². The molecule has 0 fully saturated rings. The number of ether oxygens (including phenoxy) is 2. The van der Waals surface area contributed by atoms with E-state index < -0.39 is 0 Å². The van der Waals surface area contributed by atoms with E-state index in [0.717, 1.165) is 18.0 Å². The van der Waals surface area contributed by atoms with Gasteiger partial charge in [0.15, 0.2) is 11.5 Å². The molecule has 20 heavy (non-hydrogen) atoms. The molecule has 3 heteroatoms. The van der Waals surface area contributed by atoms with E-state index in [9.17, 15) is 0 Å². The molecule has 0 aliphatic carbocycles. The van der Waals surface area contributed by atoms with Gasteiger partial charge in [0, 0.05) is 0 Å². The lowest BCUT2D eigenvalue weighted by Gasteiger charge is -2.19. The van der Waals surface area contributed by atoms with Crippen LogP contribution in [0.25, 0.3) is 0 Å². The molecule has 2 aromatic rings. The number of aryl methyl sites for hydroxylation is 1. The molecule has 1 heterocycles. The Labute approximate surface area is 119 Å². The molecule has 0 spiro atoms. The molecule has 3 rings (SSSR count). The van der Waals surface area contributed by atoms with E-state index in [-0.39, 0.29) is 6.04 Å². The smallest absolute Gasteiger partial charge is 0.231 e. The quantitative estimate of drug-likeness (QED) is 0.922. The summed E-state index contributed by atoms with van der Waals surface area (Å²) in [5.74, 6) is 1.66. The lowest BCUT2D eigenvalue weighted by Crippen LogP contribution is -2.21. The molecule has 0 aromatic heterocycles. The Morgan fingerprint density at radius 1 is 1.00 bits per heavy atom. The summed E-state index contributed by atoms with van der Waals surface area (Å²) in [6.07, 6.45) is 0. The van der Waals surface area contributed by atoms with Gasteiger partial charge in [0.2, 0.25) is 6.79 Å². The van der Waals surface area contributed by atoms with Gasteiger partial charge >= 0.3 is 0 Å². The maximum atomic E-state index is 5.47.